The quantitative estimate of drug-likeness (QED) is 0.294. The fourth-order valence-electron chi connectivity index (χ4n) is 4.78. The number of Topliss-reactive ketones (excluding diaryl/α,β-unsaturated/α-hetero) is 1. The maximum atomic E-state index is 12.7. The highest BCUT2D eigenvalue weighted by atomic mass is 35.5. The van der Waals surface area contributed by atoms with Crippen molar-refractivity contribution in [3.8, 4) is 22.4 Å². The summed E-state index contributed by atoms with van der Waals surface area (Å²) in [5.74, 6) is 0.422. The number of nitrogens with one attached hydrogen (secondary N) is 1. The average Bonchev–Trinajstić information content (AvgIpc) is 3.57. The zero-order valence-electron chi connectivity index (χ0n) is 21.7. The predicted octanol–water partition coefficient (Wildman–Crippen LogP) is 4.88. The van der Waals surface area contributed by atoms with Crippen LogP contribution in [0.1, 0.15) is 48.9 Å². The molecular formula is C28H32ClN5O4. The second-order valence-electron chi connectivity index (χ2n) is 9.57. The van der Waals surface area contributed by atoms with Gasteiger partial charge in [0.05, 0.1) is 19.7 Å². The predicted molar refractivity (Wildman–Crippen MR) is 145 cm³/mol. The number of H-pyrrole nitrogens is 1. The van der Waals surface area contributed by atoms with Crippen molar-refractivity contribution in [3.05, 3.63) is 65.1 Å². The third-order valence-electron chi connectivity index (χ3n) is 6.85. The fraction of sp³-hybridized carbons (Fsp3) is 0.357. The molecule has 1 fully saturated rings. The van der Waals surface area contributed by atoms with E-state index in [9.17, 15) is 14.4 Å². The number of ketones is 1. The number of aromatic nitrogens is 2. The summed E-state index contributed by atoms with van der Waals surface area (Å²) in [5.41, 5.74) is 9.42. The van der Waals surface area contributed by atoms with Gasteiger partial charge in [0, 0.05) is 17.7 Å². The van der Waals surface area contributed by atoms with Crippen LogP contribution in [0, 0.1) is 5.92 Å². The van der Waals surface area contributed by atoms with Crippen LogP contribution >= 0.6 is 11.6 Å². The smallest absolute Gasteiger partial charge is 0.424 e. The van der Waals surface area contributed by atoms with Crippen LogP contribution in [0.15, 0.2) is 48.5 Å². The van der Waals surface area contributed by atoms with E-state index in [1.807, 2.05) is 55.3 Å². The van der Waals surface area contributed by atoms with Gasteiger partial charge in [-0.2, -0.15) is 0 Å². The minimum absolute atomic E-state index is 0.0187. The first kappa shape index (κ1) is 27.5. The van der Waals surface area contributed by atoms with E-state index in [4.69, 9.17) is 27.1 Å². The van der Waals surface area contributed by atoms with E-state index in [1.165, 1.54) is 12.1 Å². The first-order valence-corrected chi connectivity index (χ1v) is 12.9. The van der Waals surface area contributed by atoms with E-state index < -0.39 is 12.1 Å². The highest BCUT2D eigenvalue weighted by molar-refractivity contribution is 6.31. The van der Waals surface area contributed by atoms with Crippen LogP contribution < -0.4 is 5.73 Å². The maximum absolute atomic E-state index is 12.7. The van der Waals surface area contributed by atoms with Crippen LogP contribution in [0.4, 0.5) is 4.79 Å². The molecule has 3 N–H and O–H groups in total. The van der Waals surface area contributed by atoms with Gasteiger partial charge in [-0.1, -0.05) is 74.0 Å². The van der Waals surface area contributed by atoms with E-state index in [-0.39, 0.29) is 24.3 Å². The van der Waals surface area contributed by atoms with Crippen molar-refractivity contribution in [3.63, 3.8) is 0 Å². The number of halogens is 1. The Kier molecular flexibility index (Phi) is 8.61. The van der Waals surface area contributed by atoms with Gasteiger partial charge < -0.3 is 20.2 Å². The van der Waals surface area contributed by atoms with Gasteiger partial charge in [-0.15, -0.1) is 0 Å². The SMILES string of the molecule is COC(=O)N([C@H](C=O)C(C)C)N1CCC[C@H]1c1nc(-c2ccc(-c3ccc(C(=O)CN)cc3)cc2)c(Cl)[nH]1. The number of methoxy groups -OCH3 is 1. The number of aromatic amines is 1. The van der Waals surface area contributed by atoms with Crippen molar-refractivity contribution in [1.82, 2.24) is 20.0 Å². The largest absolute Gasteiger partial charge is 0.452 e. The molecule has 2 atom stereocenters. The van der Waals surface area contributed by atoms with Crippen LogP contribution in [0.3, 0.4) is 0 Å². The standard InChI is InChI=1S/C28H32ClN5O4/c1-17(2)23(16-35)34(28(37)38-3)33-14-4-5-22(33)27-31-25(26(29)32-27)21-12-8-19(9-13-21)18-6-10-20(11-7-18)24(36)15-30/h6-13,16-17,22-23H,4-5,14-15,30H2,1-3H3,(H,31,32)/t22-,23+/m0/s1. The molecule has 0 aliphatic carbocycles. The minimum atomic E-state index is -0.664. The third-order valence-corrected chi connectivity index (χ3v) is 7.12. The molecule has 200 valence electrons. The lowest BCUT2D eigenvalue weighted by Crippen LogP contribution is -2.54. The van der Waals surface area contributed by atoms with E-state index >= 15 is 0 Å². The Morgan fingerprint density at radius 2 is 1.76 bits per heavy atom. The van der Waals surface area contributed by atoms with Crippen molar-refractivity contribution in [2.24, 2.45) is 11.7 Å². The van der Waals surface area contributed by atoms with Crippen molar-refractivity contribution >= 4 is 29.8 Å². The maximum Gasteiger partial charge on any atom is 0.424 e. The number of rotatable bonds is 9. The lowest BCUT2D eigenvalue weighted by atomic mass is 10.0. The molecule has 0 radical (unpaired) electrons. The van der Waals surface area contributed by atoms with Crippen LogP contribution in [0.25, 0.3) is 22.4 Å². The lowest BCUT2D eigenvalue weighted by Gasteiger charge is -2.39. The normalized spacial score (nSPS) is 16.4. The summed E-state index contributed by atoms with van der Waals surface area (Å²) in [6.45, 7) is 4.34. The van der Waals surface area contributed by atoms with E-state index in [1.54, 1.807) is 12.1 Å². The highest BCUT2D eigenvalue weighted by Crippen LogP contribution is 2.37. The Bertz CT molecular complexity index is 1290. The van der Waals surface area contributed by atoms with Crippen molar-refractivity contribution < 1.29 is 19.1 Å². The molecule has 2 heterocycles. The Labute approximate surface area is 226 Å². The van der Waals surface area contributed by atoms with E-state index in [0.29, 0.717) is 28.8 Å². The second kappa shape index (κ2) is 11.9. The van der Waals surface area contributed by atoms with Crippen molar-refractivity contribution in [1.29, 1.82) is 0 Å². The summed E-state index contributed by atoms with van der Waals surface area (Å²) in [4.78, 5) is 44.4. The molecule has 10 heteroatoms. The number of ether oxygens (including phenoxy) is 1. The van der Waals surface area contributed by atoms with E-state index in [0.717, 1.165) is 35.8 Å². The lowest BCUT2D eigenvalue weighted by molar-refractivity contribution is -0.124. The van der Waals surface area contributed by atoms with Gasteiger partial charge in [0.15, 0.2) is 5.78 Å². The third kappa shape index (κ3) is 5.50. The van der Waals surface area contributed by atoms with Gasteiger partial charge in [-0.25, -0.2) is 19.8 Å². The number of amides is 1. The number of hydrogen-bond acceptors (Lipinski definition) is 7. The molecule has 1 aliphatic heterocycles. The first-order chi connectivity index (χ1) is 18.3. The number of hydrogen-bond donors (Lipinski definition) is 2. The molecule has 0 spiro atoms. The van der Waals surface area contributed by atoms with Gasteiger partial charge >= 0.3 is 6.09 Å². The summed E-state index contributed by atoms with van der Waals surface area (Å²) in [6.07, 6.45) is 1.75. The van der Waals surface area contributed by atoms with Gasteiger partial charge in [-0.05, 0) is 29.9 Å². The monoisotopic (exact) mass is 537 g/mol. The van der Waals surface area contributed by atoms with Gasteiger partial charge in [0.25, 0.3) is 0 Å². The average molecular weight is 538 g/mol. The molecule has 1 aromatic heterocycles. The summed E-state index contributed by atoms with van der Waals surface area (Å²) in [6, 6.07) is 14.2. The molecule has 38 heavy (non-hydrogen) atoms. The van der Waals surface area contributed by atoms with Crippen LogP contribution in [0.5, 0.6) is 0 Å². The number of imidazole rings is 1. The number of carbonyl (C=O) groups is 3. The van der Waals surface area contributed by atoms with Crippen LogP contribution in [0.2, 0.25) is 5.15 Å². The van der Waals surface area contributed by atoms with Crippen molar-refractivity contribution in [2.45, 2.75) is 38.8 Å². The van der Waals surface area contributed by atoms with Gasteiger partial charge in [0.2, 0.25) is 0 Å². The number of hydrazine groups is 1. The molecule has 0 bridgehead atoms. The van der Waals surface area contributed by atoms with Crippen LogP contribution in [-0.2, 0) is 9.53 Å². The van der Waals surface area contributed by atoms with Crippen molar-refractivity contribution in [2.75, 3.05) is 20.2 Å². The molecule has 1 aliphatic rings. The Morgan fingerprint density at radius 3 is 2.32 bits per heavy atom. The molecule has 0 saturated carbocycles. The number of benzene rings is 2. The second-order valence-corrected chi connectivity index (χ2v) is 9.95. The van der Waals surface area contributed by atoms with Gasteiger partial charge in [-0.3, -0.25) is 4.79 Å². The summed E-state index contributed by atoms with van der Waals surface area (Å²) < 4.78 is 5.02. The Hall–Kier alpha value is -3.53. The molecule has 1 saturated heterocycles. The Morgan fingerprint density at radius 1 is 1.16 bits per heavy atom. The molecule has 2 aromatic carbocycles. The topological polar surface area (TPSA) is 122 Å². The molecule has 4 rings (SSSR count). The number of nitrogens with two attached hydrogens (primary N) is 1. The zero-order chi connectivity index (χ0) is 27.4. The summed E-state index contributed by atoms with van der Waals surface area (Å²) in [7, 11) is 1.31. The van der Waals surface area contributed by atoms with Crippen LogP contribution in [-0.4, -0.2) is 64.4 Å². The molecule has 3 aromatic rings. The fourth-order valence-corrected chi connectivity index (χ4v) is 5.03. The Balaban J connectivity index is 1.59. The summed E-state index contributed by atoms with van der Waals surface area (Å²) >= 11 is 6.59. The number of nitrogens with zero attached hydrogens (tertiary/aromatic N) is 3. The molecule has 0 unspecified atom stereocenters. The molecule has 9 nitrogen and oxygen atoms in total. The first-order valence-electron chi connectivity index (χ1n) is 12.6. The highest BCUT2D eigenvalue weighted by Gasteiger charge is 2.40. The zero-order valence-corrected chi connectivity index (χ0v) is 22.4. The number of aldehydes is 1. The van der Waals surface area contributed by atoms with Gasteiger partial charge in [0.1, 0.15) is 29.0 Å². The molecule has 1 amide bonds. The summed E-state index contributed by atoms with van der Waals surface area (Å²) in [5, 5.41) is 3.66. The number of carbonyl (C=O) groups excluding carboxylic acids is 3. The van der Waals surface area contributed by atoms with E-state index in [2.05, 4.69) is 4.98 Å². The minimum Gasteiger partial charge on any atom is -0.452 e. The molecular weight excluding hydrogens is 506 g/mol.